The van der Waals surface area contributed by atoms with Crippen molar-refractivity contribution in [1.29, 1.82) is 0 Å². The first-order valence-electron chi connectivity index (χ1n) is 10.2. The van der Waals surface area contributed by atoms with E-state index in [1.54, 1.807) is 6.26 Å². The Morgan fingerprint density at radius 3 is 2.50 bits per heavy atom. The van der Waals surface area contributed by atoms with E-state index < -0.39 is 0 Å². The number of nitrogen functional groups attached to an aromatic ring is 1. The van der Waals surface area contributed by atoms with E-state index in [1.807, 2.05) is 19.9 Å². The van der Waals surface area contributed by atoms with E-state index in [-0.39, 0.29) is 16.7 Å². The van der Waals surface area contributed by atoms with Gasteiger partial charge in [0.05, 0.1) is 17.1 Å². The molecule has 3 N–H and O–H groups in total. The van der Waals surface area contributed by atoms with Crippen LogP contribution in [-0.4, -0.2) is 31.6 Å². The number of nitrogens with one attached hydrogen (secondary N) is 1. The van der Waals surface area contributed by atoms with Crippen molar-refractivity contribution in [2.24, 2.45) is 17.8 Å². The van der Waals surface area contributed by atoms with Gasteiger partial charge in [-0.05, 0) is 76.2 Å². The molecule has 2 heterocycles. The molecule has 28 heavy (non-hydrogen) atoms. The molecule has 2 aromatic rings. The smallest absolute Gasteiger partial charge is 0.233 e. The van der Waals surface area contributed by atoms with Crippen LogP contribution in [0, 0.1) is 24.7 Å². The molecule has 1 atom stereocenters. The van der Waals surface area contributed by atoms with Crippen molar-refractivity contribution in [2.45, 2.75) is 68.3 Å². The minimum absolute atomic E-state index is 0.0239. The fourth-order valence-corrected chi connectivity index (χ4v) is 6.77. The largest absolute Gasteiger partial charge is 0.469 e. The van der Waals surface area contributed by atoms with Crippen molar-refractivity contribution < 1.29 is 9.21 Å². The lowest BCUT2D eigenvalue weighted by Crippen LogP contribution is -2.60. The molecule has 4 fully saturated rings. The second-order valence-corrected chi connectivity index (χ2v) is 10.3. The first-order chi connectivity index (χ1) is 13.4. The van der Waals surface area contributed by atoms with Crippen molar-refractivity contribution in [2.75, 3.05) is 5.84 Å². The van der Waals surface area contributed by atoms with Crippen LogP contribution >= 0.6 is 11.8 Å². The summed E-state index contributed by atoms with van der Waals surface area (Å²) in [5.74, 6) is 9.98. The monoisotopic (exact) mass is 401 g/mol. The molecule has 1 amide bonds. The van der Waals surface area contributed by atoms with Gasteiger partial charge in [-0.25, -0.2) is 4.68 Å². The third-order valence-electron chi connectivity index (χ3n) is 6.84. The van der Waals surface area contributed by atoms with Crippen LogP contribution in [0.15, 0.2) is 21.9 Å². The average molecular weight is 402 g/mol. The molecule has 0 saturated heterocycles. The maximum absolute atomic E-state index is 13.0. The van der Waals surface area contributed by atoms with Crippen molar-refractivity contribution >= 4 is 17.7 Å². The number of furan rings is 1. The van der Waals surface area contributed by atoms with Gasteiger partial charge in [0.15, 0.2) is 5.82 Å². The second-order valence-electron chi connectivity index (χ2n) is 9.01. The highest BCUT2D eigenvalue weighted by Crippen LogP contribution is 2.55. The number of aryl methyl sites for hydroxylation is 1. The minimum Gasteiger partial charge on any atom is -0.469 e. The molecule has 4 saturated carbocycles. The number of rotatable bonds is 5. The van der Waals surface area contributed by atoms with Gasteiger partial charge in [-0.3, -0.25) is 4.79 Å². The van der Waals surface area contributed by atoms with Gasteiger partial charge in [-0.1, -0.05) is 11.8 Å². The van der Waals surface area contributed by atoms with Crippen LogP contribution in [0.1, 0.15) is 51.2 Å². The molecule has 0 spiro atoms. The number of nitrogens with zero attached hydrogens (tertiary/aromatic N) is 3. The summed E-state index contributed by atoms with van der Waals surface area (Å²) in [6.45, 7) is 3.77. The number of hydrogen-bond acceptors (Lipinski definition) is 6. The molecule has 8 heteroatoms. The summed E-state index contributed by atoms with van der Waals surface area (Å²) in [6, 6.07) is 1.82. The van der Waals surface area contributed by atoms with Gasteiger partial charge >= 0.3 is 0 Å². The lowest BCUT2D eigenvalue weighted by molar-refractivity contribution is -0.126. The molecular weight excluding hydrogens is 374 g/mol. The van der Waals surface area contributed by atoms with E-state index in [9.17, 15) is 4.79 Å². The first-order valence-corrected chi connectivity index (χ1v) is 11.0. The predicted octanol–water partition coefficient (Wildman–Crippen LogP) is 3.13. The first kappa shape index (κ1) is 18.1. The van der Waals surface area contributed by atoms with Crippen LogP contribution in [-0.2, 0) is 4.79 Å². The molecule has 0 radical (unpaired) electrons. The molecule has 4 bridgehead atoms. The summed E-state index contributed by atoms with van der Waals surface area (Å²) in [6.07, 6.45) is 9.16. The minimum atomic E-state index is -0.280. The third-order valence-corrected chi connectivity index (χ3v) is 7.90. The standard InChI is InChI=1S/C20H27N5O2S/c1-11-16(3-4-27-11)17-23-24-19(25(17)21)28-12(2)18(26)22-20-8-13-5-14(9-20)7-15(6-13)10-20/h3-4,12-15H,5-10,21H2,1-2H3,(H,22,26). The van der Waals surface area contributed by atoms with E-state index >= 15 is 0 Å². The normalized spacial score (nSPS) is 31.9. The summed E-state index contributed by atoms with van der Waals surface area (Å²) >= 11 is 1.35. The zero-order valence-electron chi connectivity index (χ0n) is 16.4. The molecule has 7 nitrogen and oxygen atoms in total. The van der Waals surface area contributed by atoms with Gasteiger partial charge in [-0.2, -0.15) is 0 Å². The lowest BCUT2D eigenvalue weighted by atomic mass is 9.53. The fraction of sp³-hybridized carbons (Fsp3) is 0.650. The van der Waals surface area contributed by atoms with Gasteiger partial charge in [0.25, 0.3) is 0 Å². The van der Waals surface area contributed by atoms with Crippen molar-refractivity contribution in [3.63, 3.8) is 0 Å². The fourth-order valence-electron chi connectivity index (χ4n) is 6.00. The van der Waals surface area contributed by atoms with Crippen molar-refractivity contribution in [3.8, 4) is 11.4 Å². The van der Waals surface area contributed by atoms with E-state index in [2.05, 4.69) is 15.5 Å². The quantitative estimate of drug-likeness (QED) is 0.590. The number of thioether (sulfide) groups is 1. The van der Waals surface area contributed by atoms with Gasteiger partial charge in [-0.15, -0.1) is 10.2 Å². The Hall–Kier alpha value is -1.96. The zero-order chi connectivity index (χ0) is 19.5. The number of amides is 1. The van der Waals surface area contributed by atoms with E-state index in [0.29, 0.717) is 11.0 Å². The van der Waals surface area contributed by atoms with E-state index in [1.165, 1.54) is 35.7 Å². The lowest BCUT2D eigenvalue weighted by Gasteiger charge is -2.57. The van der Waals surface area contributed by atoms with Crippen molar-refractivity contribution in [1.82, 2.24) is 20.2 Å². The predicted molar refractivity (Wildman–Crippen MR) is 107 cm³/mol. The zero-order valence-corrected chi connectivity index (χ0v) is 17.2. The van der Waals surface area contributed by atoms with Crippen LogP contribution in [0.25, 0.3) is 11.4 Å². The van der Waals surface area contributed by atoms with Crippen LogP contribution in [0.4, 0.5) is 0 Å². The summed E-state index contributed by atoms with van der Waals surface area (Å²) < 4.78 is 6.77. The molecule has 150 valence electrons. The number of carbonyl (C=O) groups excluding carboxylic acids is 1. The number of carbonyl (C=O) groups is 1. The van der Waals surface area contributed by atoms with Gasteiger partial charge < -0.3 is 15.6 Å². The molecule has 2 aromatic heterocycles. The van der Waals surface area contributed by atoms with Crippen LogP contribution in [0.5, 0.6) is 0 Å². The average Bonchev–Trinajstić information content (AvgIpc) is 3.19. The summed E-state index contributed by atoms with van der Waals surface area (Å²) in [4.78, 5) is 13.0. The molecular formula is C20H27N5O2S. The highest BCUT2D eigenvalue weighted by Gasteiger charge is 2.51. The van der Waals surface area contributed by atoms with Gasteiger partial charge in [0.2, 0.25) is 11.1 Å². The van der Waals surface area contributed by atoms with E-state index in [0.717, 1.165) is 48.3 Å². The molecule has 0 aliphatic heterocycles. The molecule has 0 aromatic carbocycles. The molecule has 6 rings (SSSR count). The van der Waals surface area contributed by atoms with Crippen LogP contribution in [0.2, 0.25) is 0 Å². The Morgan fingerprint density at radius 1 is 1.29 bits per heavy atom. The Morgan fingerprint density at radius 2 is 1.93 bits per heavy atom. The highest BCUT2D eigenvalue weighted by atomic mass is 32.2. The Bertz CT molecular complexity index is 869. The number of nitrogens with two attached hydrogens (primary N) is 1. The maximum Gasteiger partial charge on any atom is 0.233 e. The number of aromatic nitrogens is 3. The second kappa shape index (κ2) is 6.54. The summed E-state index contributed by atoms with van der Waals surface area (Å²) in [7, 11) is 0. The summed E-state index contributed by atoms with van der Waals surface area (Å²) in [5.41, 5.74) is 0.836. The summed E-state index contributed by atoms with van der Waals surface area (Å²) in [5, 5.41) is 12.1. The topological polar surface area (TPSA) is 99.0 Å². The SMILES string of the molecule is Cc1occc1-c1nnc(SC(C)C(=O)NC23CC4CC(CC(C4)C2)C3)n1N. The highest BCUT2D eigenvalue weighted by molar-refractivity contribution is 8.00. The maximum atomic E-state index is 13.0. The van der Waals surface area contributed by atoms with E-state index in [4.69, 9.17) is 10.3 Å². The van der Waals surface area contributed by atoms with Crippen LogP contribution in [0.3, 0.4) is 0 Å². The Kier molecular flexibility index (Phi) is 4.23. The van der Waals surface area contributed by atoms with Crippen LogP contribution < -0.4 is 11.2 Å². The molecule has 4 aliphatic rings. The van der Waals surface area contributed by atoms with Gasteiger partial charge in [0, 0.05) is 5.54 Å². The van der Waals surface area contributed by atoms with Gasteiger partial charge in [0.1, 0.15) is 5.76 Å². The third kappa shape index (κ3) is 3.02. The Balaban J connectivity index is 1.27. The molecule has 4 aliphatic carbocycles. The van der Waals surface area contributed by atoms with Crippen molar-refractivity contribution in [3.05, 3.63) is 18.1 Å². The Labute approximate surface area is 168 Å². The molecule has 1 unspecified atom stereocenters. The number of hydrogen-bond donors (Lipinski definition) is 2.